The van der Waals surface area contributed by atoms with Gasteiger partial charge in [-0.2, -0.15) is 0 Å². The van der Waals surface area contributed by atoms with Gasteiger partial charge in [0.05, 0.1) is 48.5 Å². The van der Waals surface area contributed by atoms with Crippen molar-refractivity contribution < 1.29 is 41.4 Å². The highest BCUT2D eigenvalue weighted by molar-refractivity contribution is 7.92. The predicted octanol–water partition coefficient (Wildman–Crippen LogP) is 5.24. The number of rotatable bonds is 11. The number of nitrogens with one attached hydrogen (secondary N) is 1. The quantitative estimate of drug-likeness (QED) is 0.196. The molecule has 0 aliphatic carbocycles. The number of ether oxygens (including phenoxy) is 3. The fraction of sp³-hybridized carbons (Fsp3) is 0.333. The average Bonchev–Trinajstić information content (AvgIpc) is 3.55. The van der Waals surface area contributed by atoms with E-state index in [-0.39, 0.29) is 41.2 Å². The van der Waals surface area contributed by atoms with E-state index in [1.165, 1.54) is 69.4 Å². The SMILES string of the molecule is CCOc1ccc(F)c([C@@H](Nc2ccc3c(N)nccc3c2)C(=O)N2CC[C@@H](C(=O)OC)[C@H]2c2cc(C(=O)OC)ccc2S(=O)(=O)C(C)C)c1. The van der Waals surface area contributed by atoms with Gasteiger partial charge < -0.3 is 30.2 Å². The minimum atomic E-state index is -4.01. The number of carbonyl (C=O) groups excluding carboxylic acids is 3. The first-order valence-electron chi connectivity index (χ1n) is 16.0. The minimum absolute atomic E-state index is 0.0161. The Morgan fingerprint density at radius 2 is 1.80 bits per heavy atom. The van der Waals surface area contributed by atoms with E-state index in [9.17, 15) is 22.8 Å². The Labute approximate surface area is 289 Å². The summed E-state index contributed by atoms with van der Waals surface area (Å²) in [6, 6.07) is 12.3. The number of nitrogens with two attached hydrogens (primary N) is 1. The summed E-state index contributed by atoms with van der Waals surface area (Å²) in [6.45, 7) is 5.05. The van der Waals surface area contributed by atoms with Crippen molar-refractivity contribution in [2.45, 2.75) is 49.4 Å². The van der Waals surface area contributed by atoms with Crippen molar-refractivity contribution in [3.8, 4) is 5.75 Å². The number of hydrogen-bond acceptors (Lipinski definition) is 11. The van der Waals surface area contributed by atoms with Crippen molar-refractivity contribution >= 4 is 50.0 Å². The first-order valence-corrected chi connectivity index (χ1v) is 17.5. The molecule has 0 saturated carbocycles. The maximum Gasteiger partial charge on any atom is 0.337 e. The Morgan fingerprint density at radius 3 is 2.48 bits per heavy atom. The molecule has 1 aliphatic rings. The molecule has 14 heteroatoms. The topological polar surface area (TPSA) is 167 Å². The van der Waals surface area contributed by atoms with Crippen LogP contribution < -0.4 is 15.8 Å². The van der Waals surface area contributed by atoms with Crippen LogP contribution in [-0.4, -0.2) is 68.8 Å². The van der Waals surface area contributed by atoms with Gasteiger partial charge in [0.1, 0.15) is 23.4 Å². The van der Waals surface area contributed by atoms with Crippen LogP contribution >= 0.6 is 0 Å². The molecule has 4 aromatic rings. The number of benzene rings is 3. The Morgan fingerprint density at radius 1 is 1.04 bits per heavy atom. The number of nitrogens with zero attached hydrogens (tertiary/aromatic N) is 2. The van der Waals surface area contributed by atoms with Crippen LogP contribution in [0.15, 0.2) is 71.8 Å². The number of methoxy groups -OCH3 is 2. The lowest BCUT2D eigenvalue weighted by atomic mass is 9.92. The molecule has 0 radical (unpaired) electrons. The van der Waals surface area contributed by atoms with Crippen LogP contribution in [0.4, 0.5) is 15.9 Å². The number of hydrogen-bond donors (Lipinski definition) is 2. The number of amides is 1. The number of esters is 2. The largest absolute Gasteiger partial charge is 0.494 e. The number of aromatic nitrogens is 1. The van der Waals surface area contributed by atoms with E-state index in [1.54, 1.807) is 37.4 Å². The Bertz CT molecular complexity index is 2060. The molecule has 50 heavy (non-hydrogen) atoms. The predicted molar refractivity (Wildman–Crippen MR) is 185 cm³/mol. The summed E-state index contributed by atoms with van der Waals surface area (Å²) >= 11 is 0. The van der Waals surface area contributed by atoms with E-state index >= 15 is 4.39 Å². The summed E-state index contributed by atoms with van der Waals surface area (Å²) in [5.74, 6) is -3.18. The van der Waals surface area contributed by atoms with Crippen molar-refractivity contribution in [1.82, 2.24) is 9.88 Å². The summed E-state index contributed by atoms with van der Waals surface area (Å²) in [6.07, 6.45) is 1.64. The van der Waals surface area contributed by atoms with Gasteiger partial charge in [0, 0.05) is 29.4 Å². The Hall–Kier alpha value is -5.24. The van der Waals surface area contributed by atoms with Gasteiger partial charge in [-0.1, -0.05) is 0 Å². The van der Waals surface area contributed by atoms with Crippen LogP contribution in [0.1, 0.15) is 60.8 Å². The van der Waals surface area contributed by atoms with E-state index in [2.05, 4.69) is 10.3 Å². The maximum absolute atomic E-state index is 15.8. The second-order valence-corrected chi connectivity index (χ2v) is 14.5. The molecule has 12 nitrogen and oxygen atoms in total. The highest BCUT2D eigenvalue weighted by Gasteiger charge is 2.47. The number of fused-ring (bicyclic) bond motifs is 1. The van der Waals surface area contributed by atoms with Gasteiger partial charge in [-0.25, -0.2) is 22.6 Å². The van der Waals surface area contributed by atoms with Crippen molar-refractivity contribution in [3.63, 3.8) is 0 Å². The maximum atomic E-state index is 15.8. The summed E-state index contributed by atoms with van der Waals surface area (Å²) in [5, 5.41) is 3.68. The zero-order chi connectivity index (χ0) is 36.3. The molecule has 0 bridgehead atoms. The van der Waals surface area contributed by atoms with Gasteiger partial charge in [0.15, 0.2) is 9.84 Å². The number of pyridine rings is 1. The Balaban J connectivity index is 1.70. The van der Waals surface area contributed by atoms with E-state index in [0.717, 1.165) is 0 Å². The molecule has 0 unspecified atom stereocenters. The number of likely N-dealkylation sites (tertiary alicyclic amines) is 1. The molecule has 3 N–H and O–H groups in total. The van der Waals surface area contributed by atoms with Crippen molar-refractivity contribution in [1.29, 1.82) is 0 Å². The van der Waals surface area contributed by atoms with Crippen LogP contribution in [0.5, 0.6) is 5.75 Å². The monoisotopic (exact) mass is 706 g/mol. The van der Waals surface area contributed by atoms with Crippen molar-refractivity contribution in [3.05, 3.63) is 89.4 Å². The lowest BCUT2D eigenvalue weighted by Gasteiger charge is -2.33. The van der Waals surface area contributed by atoms with Crippen LogP contribution in [0.3, 0.4) is 0 Å². The zero-order valence-corrected chi connectivity index (χ0v) is 29.1. The minimum Gasteiger partial charge on any atom is -0.494 e. The second kappa shape index (κ2) is 14.7. The third-order valence-electron chi connectivity index (χ3n) is 8.80. The third kappa shape index (κ3) is 6.93. The van der Waals surface area contributed by atoms with Crippen molar-refractivity contribution in [2.24, 2.45) is 5.92 Å². The number of carbonyl (C=O) groups is 3. The van der Waals surface area contributed by atoms with Crippen LogP contribution in [0.2, 0.25) is 0 Å². The number of halogens is 1. The highest BCUT2D eigenvalue weighted by Crippen LogP contribution is 2.44. The van der Waals surface area contributed by atoms with Gasteiger partial charge in [-0.15, -0.1) is 0 Å². The average molecular weight is 707 g/mol. The standard InChI is InChI=1S/C36H39FN4O8S/c1-6-49-24-9-11-29(37)27(19-24)31(40-23-8-10-25-21(17-23)13-15-39-33(25)38)34(42)41-16-14-26(36(44)48-5)32(41)28-18-22(35(43)47-4)7-12-30(28)50(45,46)20(2)3/h7-13,15,17-20,26,31-32,40H,6,14,16H2,1-5H3,(H2,38,39)/t26-,31-,32+/m1/s1. The van der Waals surface area contributed by atoms with E-state index in [0.29, 0.717) is 28.0 Å². The van der Waals surface area contributed by atoms with Crippen LogP contribution in [-0.2, 0) is 28.9 Å². The second-order valence-electron chi connectivity index (χ2n) is 12.1. The first-order chi connectivity index (χ1) is 23.8. The molecule has 1 fully saturated rings. The molecule has 0 spiro atoms. The van der Waals surface area contributed by atoms with Gasteiger partial charge in [0.25, 0.3) is 0 Å². The van der Waals surface area contributed by atoms with Gasteiger partial charge >= 0.3 is 11.9 Å². The van der Waals surface area contributed by atoms with E-state index in [1.807, 2.05) is 0 Å². The number of anilines is 2. The zero-order valence-electron chi connectivity index (χ0n) is 28.3. The van der Waals surface area contributed by atoms with E-state index in [4.69, 9.17) is 19.9 Å². The van der Waals surface area contributed by atoms with Crippen LogP contribution in [0, 0.1) is 11.7 Å². The van der Waals surface area contributed by atoms with Crippen molar-refractivity contribution in [2.75, 3.05) is 38.4 Å². The Kier molecular flexibility index (Phi) is 10.6. The highest BCUT2D eigenvalue weighted by atomic mass is 32.2. The molecular weight excluding hydrogens is 667 g/mol. The van der Waals surface area contributed by atoms with Gasteiger partial charge in [0.2, 0.25) is 5.91 Å². The summed E-state index contributed by atoms with van der Waals surface area (Å²) in [5.41, 5.74) is 6.50. The molecule has 3 atom stereocenters. The van der Waals surface area contributed by atoms with Crippen LogP contribution in [0.25, 0.3) is 10.8 Å². The fourth-order valence-electron chi connectivity index (χ4n) is 6.26. The fourth-order valence-corrected chi connectivity index (χ4v) is 7.53. The third-order valence-corrected chi connectivity index (χ3v) is 11.0. The summed E-state index contributed by atoms with van der Waals surface area (Å²) < 4.78 is 58.9. The van der Waals surface area contributed by atoms with Gasteiger partial charge in [-0.3, -0.25) is 9.59 Å². The first kappa shape index (κ1) is 36.1. The molecule has 264 valence electrons. The molecule has 1 amide bonds. The molecule has 1 saturated heterocycles. The normalized spacial score (nSPS) is 16.7. The summed E-state index contributed by atoms with van der Waals surface area (Å²) in [4.78, 5) is 46.2. The molecular formula is C36H39FN4O8S. The number of nitrogen functional groups attached to an aromatic ring is 1. The van der Waals surface area contributed by atoms with Gasteiger partial charge in [-0.05, 0) is 98.8 Å². The molecule has 1 aliphatic heterocycles. The lowest BCUT2D eigenvalue weighted by molar-refractivity contribution is -0.147. The molecule has 3 aromatic carbocycles. The smallest absolute Gasteiger partial charge is 0.337 e. The number of sulfone groups is 1. The van der Waals surface area contributed by atoms with E-state index < -0.39 is 56.8 Å². The molecule has 5 rings (SSSR count). The molecule has 2 heterocycles. The lowest BCUT2D eigenvalue weighted by Crippen LogP contribution is -2.40. The summed E-state index contributed by atoms with van der Waals surface area (Å²) in [7, 11) is -1.63. The molecule has 1 aromatic heterocycles.